The Balaban J connectivity index is 1.47. The molecule has 4 rings (SSSR count). The molecular formula is C19H20F2N4O2. The van der Waals surface area contributed by atoms with Crippen molar-refractivity contribution in [2.75, 3.05) is 19.6 Å². The number of imidazole rings is 1. The molecule has 142 valence electrons. The number of aromatic nitrogens is 2. The van der Waals surface area contributed by atoms with E-state index in [4.69, 9.17) is 0 Å². The fraction of sp³-hybridized carbons (Fsp3) is 0.421. The van der Waals surface area contributed by atoms with E-state index in [9.17, 15) is 18.4 Å². The normalized spacial score (nSPS) is 17.2. The maximum atomic E-state index is 14.0. The number of piperidine rings is 1. The summed E-state index contributed by atoms with van der Waals surface area (Å²) in [5.41, 5.74) is 1.73. The molecule has 2 aliphatic rings. The molecule has 1 aromatic carbocycles. The summed E-state index contributed by atoms with van der Waals surface area (Å²) < 4.78 is 27.1. The molecular weight excluding hydrogens is 354 g/mol. The number of aromatic amines is 1. The van der Waals surface area contributed by atoms with Gasteiger partial charge in [0.1, 0.15) is 17.5 Å². The van der Waals surface area contributed by atoms with Crippen LogP contribution in [0.1, 0.15) is 30.7 Å². The second-order valence-electron chi connectivity index (χ2n) is 6.97. The maximum absolute atomic E-state index is 14.0. The van der Waals surface area contributed by atoms with Crippen molar-refractivity contribution in [3.8, 4) is 11.4 Å². The fourth-order valence-corrected chi connectivity index (χ4v) is 3.61. The van der Waals surface area contributed by atoms with Crippen LogP contribution in [0.3, 0.4) is 0 Å². The zero-order chi connectivity index (χ0) is 19.0. The van der Waals surface area contributed by atoms with Crippen LogP contribution in [0.15, 0.2) is 18.2 Å². The SMILES string of the molecule is O=C1CCCCN1CC(=O)N1CCc2nc(-c3ccc(F)cc3F)[nH]c2C1. The quantitative estimate of drug-likeness (QED) is 0.896. The number of benzene rings is 1. The van der Waals surface area contributed by atoms with Gasteiger partial charge in [-0.05, 0) is 25.0 Å². The van der Waals surface area contributed by atoms with Gasteiger partial charge in [0, 0.05) is 32.0 Å². The highest BCUT2D eigenvalue weighted by atomic mass is 19.1. The Kier molecular flexibility index (Phi) is 4.63. The van der Waals surface area contributed by atoms with Crippen molar-refractivity contribution in [2.45, 2.75) is 32.2 Å². The maximum Gasteiger partial charge on any atom is 0.242 e. The lowest BCUT2D eigenvalue weighted by molar-refractivity contribution is -0.142. The van der Waals surface area contributed by atoms with E-state index in [2.05, 4.69) is 9.97 Å². The first-order chi connectivity index (χ1) is 13.0. The van der Waals surface area contributed by atoms with Crippen LogP contribution in [0, 0.1) is 11.6 Å². The average Bonchev–Trinajstić information content (AvgIpc) is 3.06. The molecule has 1 saturated heterocycles. The molecule has 1 fully saturated rings. The second kappa shape index (κ2) is 7.09. The van der Waals surface area contributed by atoms with Gasteiger partial charge < -0.3 is 14.8 Å². The van der Waals surface area contributed by atoms with Crippen LogP contribution < -0.4 is 0 Å². The van der Waals surface area contributed by atoms with E-state index in [1.165, 1.54) is 12.1 Å². The minimum Gasteiger partial charge on any atom is -0.340 e. The number of halogens is 2. The van der Waals surface area contributed by atoms with E-state index in [1.54, 1.807) is 9.80 Å². The highest BCUT2D eigenvalue weighted by molar-refractivity contribution is 5.85. The third kappa shape index (κ3) is 3.56. The Morgan fingerprint density at radius 3 is 2.81 bits per heavy atom. The van der Waals surface area contributed by atoms with Crippen LogP contribution in [-0.4, -0.2) is 51.2 Å². The predicted octanol–water partition coefficient (Wildman–Crippen LogP) is 2.25. The van der Waals surface area contributed by atoms with Crippen LogP contribution in [0.4, 0.5) is 8.78 Å². The molecule has 2 aliphatic heterocycles. The molecule has 2 aromatic rings. The highest BCUT2D eigenvalue weighted by Gasteiger charge is 2.27. The van der Waals surface area contributed by atoms with E-state index >= 15 is 0 Å². The molecule has 0 atom stereocenters. The first kappa shape index (κ1) is 17.6. The largest absolute Gasteiger partial charge is 0.340 e. The number of rotatable bonds is 3. The van der Waals surface area contributed by atoms with Crippen LogP contribution in [0.2, 0.25) is 0 Å². The fourth-order valence-electron chi connectivity index (χ4n) is 3.61. The Labute approximate surface area is 155 Å². The third-order valence-electron chi connectivity index (χ3n) is 5.12. The Bertz CT molecular complexity index is 896. The minimum absolute atomic E-state index is 0.0305. The third-order valence-corrected chi connectivity index (χ3v) is 5.12. The smallest absolute Gasteiger partial charge is 0.242 e. The van der Waals surface area contributed by atoms with E-state index in [0.717, 1.165) is 30.3 Å². The Morgan fingerprint density at radius 1 is 1.19 bits per heavy atom. The van der Waals surface area contributed by atoms with Gasteiger partial charge in [-0.1, -0.05) is 0 Å². The lowest BCUT2D eigenvalue weighted by Gasteiger charge is -2.31. The monoisotopic (exact) mass is 374 g/mol. The van der Waals surface area contributed by atoms with E-state index in [-0.39, 0.29) is 23.9 Å². The highest BCUT2D eigenvalue weighted by Crippen LogP contribution is 2.25. The molecule has 0 aliphatic carbocycles. The van der Waals surface area contributed by atoms with Crippen molar-refractivity contribution in [2.24, 2.45) is 0 Å². The van der Waals surface area contributed by atoms with E-state index < -0.39 is 11.6 Å². The molecule has 27 heavy (non-hydrogen) atoms. The molecule has 0 bridgehead atoms. The molecule has 1 N–H and O–H groups in total. The predicted molar refractivity (Wildman–Crippen MR) is 93.5 cm³/mol. The molecule has 1 aromatic heterocycles. The van der Waals surface area contributed by atoms with Gasteiger partial charge in [0.25, 0.3) is 0 Å². The number of H-pyrrole nitrogens is 1. The number of hydrogen-bond acceptors (Lipinski definition) is 3. The number of amides is 2. The molecule has 3 heterocycles. The molecule has 8 heteroatoms. The summed E-state index contributed by atoms with van der Waals surface area (Å²) >= 11 is 0. The van der Waals surface area contributed by atoms with Crippen LogP contribution in [-0.2, 0) is 22.6 Å². The lowest BCUT2D eigenvalue weighted by atomic mass is 10.1. The summed E-state index contributed by atoms with van der Waals surface area (Å²) in [5, 5.41) is 0. The standard InChI is InChI=1S/C19H20F2N4O2/c20-12-4-5-13(14(21)9-12)19-22-15-6-8-25(10-16(15)23-19)18(27)11-24-7-2-1-3-17(24)26/h4-5,9H,1-3,6-8,10-11H2,(H,22,23). The van der Waals surface area contributed by atoms with Crippen LogP contribution >= 0.6 is 0 Å². The Morgan fingerprint density at radius 2 is 2.04 bits per heavy atom. The molecule has 0 radical (unpaired) electrons. The lowest BCUT2D eigenvalue weighted by Crippen LogP contribution is -2.46. The van der Waals surface area contributed by atoms with Crippen molar-refractivity contribution in [1.82, 2.24) is 19.8 Å². The summed E-state index contributed by atoms with van der Waals surface area (Å²) in [6.07, 6.45) is 2.86. The molecule has 0 unspecified atom stereocenters. The summed E-state index contributed by atoms with van der Waals surface area (Å²) in [5.74, 6) is -1.06. The van der Waals surface area contributed by atoms with E-state index in [0.29, 0.717) is 38.3 Å². The summed E-state index contributed by atoms with van der Waals surface area (Å²) in [4.78, 5) is 35.3. The second-order valence-corrected chi connectivity index (χ2v) is 6.97. The summed E-state index contributed by atoms with van der Waals surface area (Å²) in [7, 11) is 0. The topological polar surface area (TPSA) is 69.3 Å². The molecule has 6 nitrogen and oxygen atoms in total. The van der Waals surface area contributed by atoms with Crippen molar-refractivity contribution in [3.63, 3.8) is 0 Å². The number of carbonyl (C=O) groups is 2. The van der Waals surface area contributed by atoms with Gasteiger partial charge in [-0.25, -0.2) is 13.8 Å². The van der Waals surface area contributed by atoms with Crippen molar-refractivity contribution < 1.29 is 18.4 Å². The van der Waals surface area contributed by atoms with E-state index in [1.807, 2.05) is 0 Å². The Hall–Kier alpha value is -2.77. The number of nitrogens with zero attached hydrogens (tertiary/aromatic N) is 3. The molecule has 2 amide bonds. The van der Waals surface area contributed by atoms with Gasteiger partial charge in [-0.15, -0.1) is 0 Å². The number of hydrogen-bond donors (Lipinski definition) is 1. The van der Waals surface area contributed by atoms with Gasteiger partial charge >= 0.3 is 0 Å². The van der Waals surface area contributed by atoms with Crippen molar-refractivity contribution >= 4 is 11.8 Å². The van der Waals surface area contributed by atoms with Gasteiger partial charge in [0.05, 0.1) is 30.0 Å². The van der Waals surface area contributed by atoms with Gasteiger partial charge in [-0.2, -0.15) is 0 Å². The van der Waals surface area contributed by atoms with Gasteiger partial charge in [0.2, 0.25) is 11.8 Å². The van der Waals surface area contributed by atoms with Gasteiger partial charge in [0.15, 0.2) is 0 Å². The molecule has 0 saturated carbocycles. The number of nitrogens with one attached hydrogen (secondary N) is 1. The van der Waals surface area contributed by atoms with Gasteiger partial charge in [-0.3, -0.25) is 9.59 Å². The zero-order valence-electron chi connectivity index (χ0n) is 14.8. The van der Waals surface area contributed by atoms with Crippen molar-refractivity contribution in [1.29, 1.82) is 0 Å². The zero-order valence-corrected chi connectivity index (χ0v) is 14.8. The number of fused-ring (bicyclic) bond motifs is 1. The van der Waals surface area contributed by atoms with Crippen LogP contribution in [0.5, 0.6) is 0 Å². The average molecular weight is 374 g/mol. The number of carbonyl (C=O) groups excluding carboxylic acids is 2. The molecule has 0 spiro atoms. The summed E-state index contributed by atoms with van der Waals surface area (Å²) in [6, 6.07) is 3.35. The van der Waals surface area contributed by atoms with Crippen LogP contribution in [0.25, 0.3) is 11.4 Å². The summed E-state index contributed by atoms with van der Waals surface area (Å²) in [6.45, 7) is 1.57. The minimum atomic E-state index is -0.683. The first-order valence-electron chi connectivity index (χ1n) is 9.10. The first-order valence-corrected chi connectivity index (χ1v) is 9.10. The number of likely N-dealkylation sites (tertiary alicyclic amines) is 1. The van der Waals surface area contributed by atoms with Crippen molar-refractivity contribution in [3.05, 3.63) is 41.2 Å².